The van der Waals surface area contributed by atoms with Crippen LogP contribution in [0.1, 0.15) is 69.8 Å². The molecule has 0 radical (unpaired) electrons. The first-order valence-corrected chi connectivity index (χ1v) is 11.2. The Hall–Kier alpha value is -1.99. The number of fused-ring (bicyclic) bond motifs is 1. The number of nitrogens with zero attached hydrogens (tertiary/aromatic N) is 3. The van der Waals surface area contributed by atoms with Crippen molar-refractivity contribution in [3.8, 4) is 0 Å². The van der Waals surface area contributed by atoms with Crippen LogP contribution in [0.5, 0.6) is 0 Å². The van der Waals surface area contributed by atoms with E-state index in [2.05, 4.69) is 22.5 Å². The van der Waals surface area contributed by atoms with Gasteiger partial charge in [-0.3, -0.25) is 0 Å². The summed E-state index contributed by atoms with van der Waals surface area (Å²) in [7, 11) is 0. The molecule has 0 atom stereocenters. The number of ether oxygens (including phenoxy) is 1. The largest absolute Gasteiger partial charge is 0.393 e. The molecule has 1 saturated heterocycles. The minimum atomic E-state index is -0.166. The Bertz CT molecular complexity index is 801. The third kappa shape index (κ3) is 4.95. The van der Waals surface area contributed by atoms with Crippen LogP contribution in [0.3, 0.4) is 0 Å². The van der Waals surface area contributed by atoms with Gasteiger partial charge in [0.25, 0.3) is 0 Å². The molecule has 0 spiro atoms. The van der Waals surface area contributed by atoms with Crippen LogP contribution in [-0.4, -0.2) is 52.0 Å². The number of aliphatic hydroxyl groups is 1. The van der Waals surface area contributed by atoms with E-state index >= 15 is 0 Å². The Kier molecular flexibility index (Phi) is 6.77. The van der Waals surface area contributed by atoms with Gasteiger partial charge in [-0.1, -0.05) is 13.3 Å². The maximum absolute atomic E-state index is 9.91. The number of anilines is 2. The van der Waals surface area contributed by atoms with E-state index < -0.39 is 0 Å². The average molecular weight is 400 g/mol. The number of hydrogen-bond acceptors (Lipinski definition) is 7. The third-order valence-corrected chi connectivity index (χ3v) is 6.16. The highest BCUT2D eigenvalue weighted by Gasteiger charge is 2.25. The molecule has 29 heavy (non-hydrogen) atoms. The first kappa shape index (κ1) is 20.3. The fraction of sp³-hybridized carbons (Fsp3) is 0.682. The predicted octanol–water partition coefficient (Wildman–Crippen LogP) is 3.85. The smallest absolute Gasteiger partial charge is 0.223 e. The van der Waals surface area contributed by atoms with E-state index in [0.717, 1.165) is 87.8 Å². The van der Waals surface area contributed by atoms with Crippen LogP contribution >= 0.6 is 0 Å². The molecule has 0 aromatic carbocycles. The van der Waals surface area contributed by atoms with Gasteiger partial charge in [-0.15, -0.1) is 0 Å². The summed E-state index contributed by atoms with van der Waals surface area (Å²) in [6.07, 6.45) is 11.6. The molecule has 2 aromatic rings. The van der Waals surface area contributed by atoms with Crippen LogP contribution in [0.25, 0.3) is 10.9 Å². The molecule has 2 aliphatic rings. The second kappa shape index (κ2) is 9.67. The highest BCUT2D eigenvalue weighted by molar-refractivity contribution is 5.91. The summed E-state index contributed by atoms with van der Waals surface area (Å²) in [6.45, 7) is 4.64. The van der Waals surface area contributed by atoms with Gasteiger partial charge in [-0.2, -0.15) is 0 Å². The lowest BCUT2D eigenvalue weighted by Gasteiger charge is -2.27. The van der Waals surface area contributed by atoms with Gasteiger partial charge in [0.15, 0.2) is 0 Å². The minimum Gasteiger partial charge on any atom is -0.393 e. The standard InChI is InChI=1S/C22H33N5O2/c1-2-3-10-23-22-25-14-19-20(27-22)18(15-4-6-17(28)7-5-15)13-24-21(19)26-16-8-11-29-12-9-16/h13-17,28H,2-12H2,1H3,(H,24,26)(H,23,25,27)/t15-,17-. The molecule has 0 amide bonds. The molecule has 2 aromatic heterocycles. The third-order valence-electron chi connectivity index (χ3n) is 6.16. The van der Waals surface area contributed by atoms with E-state index in [-0.39, 0.29) is 6.10 Å². The van der Waals surface area contributed by atoms with Gasteiger partial charge in [0.05, 0.1) is 17.0 Å². The summed E-state index contributed by atoms with van der Waals surface area (Å²) < 4.78 is 5.48. The van der Waals surface area contributed by atoms with Gasteiger partial charge in [0.2, 0.25) is 5.95 Å². The lowest BCUT2D eigenvalue weighted by Crippen LogP contribution is -2.28. The van der Waals surface area contributed by atoms with Crippen LogP contribution in [-0.2, 0) is 4.74 Å². The van der Waals surface area contributed by atoms with E-state index in [1.54, 1.807) is 0 Å². The predicted molar refractivity (Wildman–Crippen MR) is 115 cm³/mol. The molecular weight excluding hydrogens is 366 g/mol. The molecule has 4 rings (SSSR count). The van der Waals surface area contributed by atoms with E-state index in [0.29, 0.717) is 17.9 Å². The lowest BCUT2D eigenvalue weighted by molar-refractivity contribution is 0.0904. The molecule has 3 N–H and O–H groups in total. The van der Waals surface area contributed by atoms with Crippen molar-refractivity contribution >= 4 is 22.7 Å². The molecule has 3 heterocycles. The van der Waals surface area contributed by atoms with Crippen molar-refractivity contribution < 1.29 is 9.84 Å². The Morgan fingerprint density at radius 3 is 2.62 bits per heavy atom. The van der Waals surface area contributed by atoms with Crippen LogP contribution < -0.4 is 10.6 Å². The first-order valence-electron chi connectivity index (χ1n) is 11.2. The summed E-state index contributed by atoms with van der Waals surface area (Å²) in [4.78, 5) is 14.3. The first-order chi connectivity index (χ1) is 14.2. The number of pyridine rings is 1. The summed E-state index contributed by atoms with van der Waals surface area (Å²) in [5, 5.41) is 17.9. The van der Waals surface area contributed by atoms with Gasteiger partial charge in [0.1, 0.15) is 5.82 Å². The molecule has 7 heteroatoms. The van der Waals surface area contributed by atoms with E-state index in [1.807, 2.05) is 12.4 Å². The number of aromatic nitrogens is 3. The van der Waals surface area contributed by atoms with Gasteiger partial charge < -0.3 is 20.5 Å². The van der Waals surface area contributed by atoms with E-state index in [9.17, 15) is 5.11 Å². The fourth-order valence-electron chi connectivity index (χ4n) is 4.34. The van der Waals surface area contributed by atoms with Gasteiger partial charge in [-0.25, -0.2) is 15.0 Å². The molecule has 0 bridgehead atoms. The zero-order valence-corrected chi connectivity index (χ0v) is 17.4. The summed E-state index contributed by atoms with van der Waals surface area (Å²) in [5.41, 5.74) is 2.18. The van der Waals surface area contributed by atoms with Crippen molar-refractivity contribution in [2.75, 3.05) is 30.4 Å². The van der Waals surface area contributed by atoms with Crippen molar-refractivity contribution in [1.29, 1.82) is 0 Å². The highest BCUT2D eigenvalue weighted by Crippen LogP contribution is 2.37. The summed E-state index contributed by atoms with van der Waals surface area (Å²) >= 11 is 0. The molecule has 2 fully saturated rings. The Labute approximate surface area is 172 Å². The SMILES string of the molecule is CCCCNc1ncc2c(NC3CCOCC3)ncc([C@H]3CC[C@H](O)CC3)c2n1. The lowest BCUT2D eigenvalue weighted by atomic mass is 9.82. The van der Waals surface area contributed by atoms with Gasteiger partial charge >= 0.3 is 0 Å². The maximum atomic E-state index is 9.91. The fourth-order valence-corrected chi connectivity index (χ4v) is 4.34. The van der Waals surface area contributed by atoms with Crippen molar-refractivity contribution in [3.05, 3.63) is 18.0 Å². The molecule has 1 aliphatic carbocycles. The zero-order chi connectivity index (χ0) is 20.1. The second-order valence-corrected chi connectivity index (χ2v) is 8.33. The van der Waals surface area contributed by atoms with Crippen molar-refractivity contribution in [1.82, 2.24) is 15.0 Å². The molecule has 158 valence electrons. The van der Waals surface area contributed by atoms with E-state index in [1.165, 1.54) is 5.56 Å². The Morgan fingerprint density at radius 1 is 1.07 bits per heavy atom. The van der Waals surface area contributed by atoms with Gasteiger partial charge in [0, 0.05) is 43.8 Å². The normalized spacial score (nSPS) is 23.2. The summed E-state index contributed by atoms with van der Waals surface area (Å²) in [5.74, 6) is 1.95. The monoisotopic (exact) mass is 399 g/mol. The molecule has 1 aliphatic heterocycles. The number of unbranched alkanes of at least 4 members (excludes halogenated alkanes) is 1. The van der Waals surface area contributed by atoms with Crippen LogP contribution in [0.2, 0.25) is 0 Å². The van der Waals surface area contributed by atoms with Crippen LogP contribution in [0, 0.1) is 0 Å². The van der Waals surface area contributed by atoms with Crippen molar-refractivity contribution in [2.24, 2.45) is 0 Å². The molecule has 1 saturated carbocycles. The Morgan fingerprint density at radius 2 is 1.86 bits per heavy atom. The van der Waals surface area contributed by atoms with Crippen LogP contribution in [0.15, 0.2) is 12.4 Å². The average Bonchev–Trinajstić information content (AvgIpc) is 2.75. The van der Waals surface area contributed by atoms with Crippen LogP contribution in [0.4, 0.5) is 11.8 Å². The van der Waals surface area contributed by atoms with Crippen molar-refractivity contribution in [2.45, 2.75) is 76.4 Å². The van der Waals surface area contributed by atoms with Gasteiger partial charge in [-0.05, 0) is 50.9 Å². The molecular formula is C22H33N5O2. The zero-order valence-electron chi connectivity index (χ0n) is 17.4. The molecule has 7 nitrogen and oxygen atoms in total. The summed E-state index contributed by atoms with van der Waals surface area (Å²) in [6, 6.07) is 0.373. The Balaban J connectivity index is 1.65. The quantitative estimate of drug-likeness (QED) is 0.609. The number of hydrogen-bond donors (Lipinski definition) is 3. The highest BCUT2D eigenvalue weighted by atomic mass is 16.5. The second-order valence-electron chi connectivity index (χ2n) is 8.33. The van der Waals surface area contributed by atoms with Crippen molar-refractivity contribution in [3.63, 3.8) is 0 Å². The topological polar surface area (TPSA) is 92.2 Å². The number of aliphatic hydroxyl groups excluding tert-OH is 1. The van der Waals surface area contributed by atoms with E-state index in [4.69, 9.17) is 14.7 Å². The number of nitrogens with one attached hydrogen (secondary N) is 2. The molecule has 0 unspecified atom stereocenters. The number of rotatable bonds is 7. The minimum absolute atomic E-state index is 0.166. The maximum Gasteiger partial charge on any atom is 0.223 e.